The molecular weight excluding hydrogens is 326 g/mol. The first kappa shape index (κ1) is 14.6. The third kappa shape index (κ3) is 2.84. The van der Waals surface area contributed by atoms with Crippen molar-refractivity contribution in [3.63, 3.8) is 0 Å². The predicted octanol–water partition coefficient (Wildman–Crippen LogP) is 5.01. The quantitative estimate of drug-likeness (QED) is 0.711. The maximum atomic E-state index is 12.8. The molecule has 1 heterocycles. The molecule has 0 radical (unpaired) electrons. The fraction of sp³-hybridized carbons (Fsp3) is 0.389. The number of nitrogens with zero attached hydrogens (tertiary/aromatic N) is 1. The molecule has 1 fully saturated rings. The standard InChI is InChI=1S/C18H20BrNO/c1-12-4-3-5-13(2)20(12)18(21)16-7-6-15-11-17(19)9-8-14(15)10-16/h6-13H,3-5H2,1-2H3/t12-,13+. The summed E-state index contributed by atoms with van der Waals surface area (Å²) in [6, 6.07) is 12.8. The van der Waals surface area contributed by atoms with Crippen molar-refractivity contribution in [3.05, 3.63) is 46.4 Å². The number of benzene rings is 2. The molecule has 1 saturated heterocycles. The van der Waals surface area contributed by atoms with Crippen LogP contribution in [-0.4, -0.2) is 22.9 Å². The summed E-state index contributed by atoms with van der Waals surface area (Å²) in [6.07, 6.45) is 3.44. The van der Waals surface area contributed by atoms with E-state index in [2.05, 4.69) is 46.8 Å². The van der Waals surface area contributed by atoms with E-state index in [1.165, 1.54) is 6.42 Å². The fourth-order valence-electron chi connectivity index (χ4n) is 3.32. The van der Waals surface area contributed by atoms with Crippen molar-refractivity contribution in [3.8, 4) is 0 Å². The zero-order chi connectivity index (χ0) is 15.0. The Balaban J connectivity index is 1.95. The van der Waals surface area contributed by atoms with Gasteiger partial charge in [-0.3, -0.25) is 4.79 Å². The van der Waals surface area contributed by atoms with Gasteiger partial charge in [0.2, 0.25) is 0 Å². The van der Waals surface area contributed by atoms with E-state index in [0.29, 0.717) is 12.1 Å². The molecule has 0 bridgehead atoms. The Bertz CT molecular complexity index is 672. The topological polar surface area (TPSA) is 20.3 Å². The summed E-state index contributed by atoms with van der Waals surface area (Å²) in [6.45, 7) is 4.32. The Hall–Kier alpha value is -1.35. The summed E-state index contributed by atoms with van der Waals surface area (Å²) in [5.74, 6) is 0.166. The third-order valence-corrected chi connectivity index (χ3v) is 4.97. The van der Waals surface area contributed by atoms with Gasteiger partial charge < -0.3 is 4.90 Å². The minimum atomic E-state index is 0.166. The van der Waals surface area contributed by atoms with Crippen molar-refractivity contribution < 1.29 is 4.79 Å². The maximum absolute atomic E-state index is 12.8. The van der Waals surface area contributed by atoms with Crippen LogP contribution in [0.15, 0.2) is 40.9 Å². The van der Waals surface area contributed by atoms with Crippen LogP contribution in [0.4, 0.5) is 0 Å². The Morgan fingerprint density at radius 1 is 1.05 bits per heavy atom. The molecule has 2 aromatic rings. The molecule has 0 spiro atoms. The van der Waals surface area contributed by atoms with E-state index in [1.54, 1.807) is 0 Å². The van der Waals surface area contributed by atoms with E-state index >= 15 is 0 Å². The number of carbonyl (C=O) groups excluding carboxylic acids is 1. The van der Waals surface area contributed by atoms with Gasteiger partial charge in [0, 0.05) is 22.1 Å². The van der Waals surface area contributed by atoms with Crippen LogP contribution in [0.1, 0.15) is 43.5 Å². The molecule has 1 aliphatic rings. The summed E-state index contributed by atoms with van der Waals surface area (Å²) in [5.41, 5.74) is 0.797. The van der Waals surface area contributed by atoms with Crippen LogP contribution in [0.25, 0.3) is 10.8 Å². The molecule has 21 heavy (non-hydrogen) atoms. The lowest BCUT2D eigenvalue weighted by atomic mass is 9.96. The average Bonchev–Trinajstić information content (AvgIpc) is 2.46. The number of amides is 1. The van der Waals surface area contributed by atoms with Gasteiger partial charge in [0.05, 0.1) is 0 Å². The minimum absolute atomic E-state index is 0.166. The number of hydrogen-bond acceptors (Lipinski definition) is 1. The largest absolute Gasteiger partial charge is 0.333 e. The molecule has 0 saturated carbocycles. The van der Waals surface area contributed by atoms with Crippen LogP contribution >= 0.6 is 15.9 Å². The van der Waals surface area contributed by atoms with Gasteiger partial charge in [-0.1, -0.05) is 28.1 Å². The Labute approximate surface area is 134 Å². The van der Waals surface area contributed by atoms with Crippen molar-refractivity contribution in [2.24, 2.45) is 0 Å². The number of hydrogen-bond donors (Lipinski definition) is 0. The monoisotopic (exact) mass is 345 g/mol. The number of halogens is 1. The molecule has 3 rings (SSSR count). The third-order valence-electron chi connectivity index (χ3n) is 4.48. The normalized spacial score (nSPS) is 22.5. The van der Waals surface area contributed by atoms with Crippen LogP contribution < -0.4 is 0 Å². The lowest BCUT2D eigenvalue weighted by molar-refractivity contribution is 0.0511. The van der Waals surface area contributed by atoms with Crippen LogP contribution in [0.5, 0.6) is 0 Å². The van der Waals surface area contributed by atoms with Crippen LogP contribution in [0.2, 0.25) is 0 Å². The van der Waals surface area contributed by atoms with Crippen molar-refractivity contribution in [2.45, 2.75) is 45.2 Å². The van der Waals surface area contributed by atoms with Crippen LogP contribution in [0, 0.1) is 0 Å². The van der Waals surface area contributed by atoms with Gasteiger partial charge in [0.1, 0.15) is 0 Å². The van der Waals surface area contributed by atoms with E-state index in [9.17, 15) is 4.79 Å². The van der Waals surface area contributed by atoms with Crippen molar-refractivity contribution in [1.82, 2.24) is 4.90 Å². The number of carbonyl (C=O) groups is 1. The smallest absolute Gasteiger partial charge is 0.254 e. The minimum Gasteiger partial charge on any atom is -0.333 e. The molecule has 1 amide bonds. The Morgan fingerprint density at radius 2 is 1.67 bits per heavy atom. The molecule has 0 N–H and O–H groups in total. The van der Waals surface area contributed by atoms with Crippen molar-refractivity contribution in [2.75, 3.05) is 0 Å². The number of fused-ring (bicyclic) bond motifs is 1. The first-order valence-electron chi connectivity index (χ1n) is 7.58. The number of likely N-dealkylation sites (tertiary alicyclic amines) is 1. The first-order chi connectivity index (χ1) is 10.1. The molecule has 0 unspecified atom stereocenters. The van der Waals surface area contributed by atoms with Gasteiger partial charge >= 0.3 is 0 Å². The van der Waals surface area contributed by atoms with Gasteiger partial charge in [-0.15, -0.1) is 0 Å². The Kier molecular flexibility index (Phi) is 4.03. The highest BCUT2D eigenvalue weighted by atomic mass is 79.9. The van der Waals surface area contributed by atoms with E-state index in [1.807, 2.05) is 24.3 Å². The second kappa shape index (κ2) is 5.80. The summed E-state index contributed by atoms with van der Waals surface area (Å²) < 4.78 is 1.06. The molecule has 3 heteroatoms. The zero-order valence-corrected chi connectivity index (χ0v) is 14.1. The van der Waals surface area contributed by atoms with Crippen molar-refractivity contribution in [1.29, 1.82) is 0 Å². The van der Waals surface area contributed by atoms with Gasteiger partial charge in [-0.2, -0.15) is 0 Å². The number of rotatable bonds is 1. The van der Waals surface area contributed by atoms with Crippen molar-refractivity contribution >= 4 is 32.6 Å². The Morgan fingerprint density at radius 3 is 2.38 bits per heavy atom. The average molecular weight is 346 g/mol. The summed E-state index contributed by atoms with van der Waals surface area (Å²) in [5, 5.41) is 2.27. The SMILES string of the molecule is C[C@@H]1CCC[C@H](C)N1C(=O)c1ccc2cc(Br)ccc2c1. The van der Waals surface area contributed by atoms with Crippen LogP contribution in [-0.2, 0) is 0 Å². The second-order valence-corrected chi connectivity index (χ2v) is 6.96. The predicted molar refractivity (Wildman–Crippen MR) is 90.6 cm³/mol. The molecule has 0 aromatic heterocycles. The zero-order valence-electron chi connectivity index (χ0n) is 12.5. The van der Waals surface area contributed by atoms with E-state index in [4.69, 9.17) is 0 Å². The molecule has 1 aliphatic heterocycles. The highest BCUT2D eigenvalue weighted by Gasteiger charge is 2.29. The van der Waals surface area contributed by atoms with E-state index in [0.717, 1.165) is 33.7 Å². The van der Waals surface area contributed by atoms with Gasteiger partial charge in [-0.25, -0.2) is 0 Å². The summed E-state index contributed by atoms with van der Waals surface area (Å²) in [7, 11) is 0. The highest BCUT2D eigenvalue weighted by molar-refractivity contribution is 9.10. The van der Waals surface area contributed by atoms with E-state index < -0.39 is 0 Å². The molecular formula is C18H20BrNO. The fourth-order valence-corrected chi connectivity index (χ4v) is 3.70. The molecule has 2 nitrogen and oxygen atoms in total. The van der Waals surface area contributed by atoms with E-state index in [-0.39, 0.29) is 5.91 Å². The second-order valence-electron chi connectivity index (χ2n) is 6.05. The lowest BCUT2D eigenvalue weighted by Crippen LogP contribution is -2.47. The van der Waals surface area contributed by atoms with Crippen LogP contribution in [0.3, 0.4) is 0 Å². The molecule has 0 aliphatic carbocycles. The summed E-state index contributed by atoms with van der Waals surface area (Å²) >= 11 is 3.48. The highest BCUT2D eigenvalue weighted by Crippen LogP contribution is 2.26. The lowest BCUT2D eigenvalue weighted by Gasteiger charge is -2.39. The molecule has 2 aromatic carbocycles. The van der Waals surface area contributed by atoms with Gasteiger partial charge in [0.25, 0.3) is 5.91 Å². The molecule has 110 valence electrons. The first-order valence-corrected chi connectivity index (χ1v) is 8.37. The van der Waals surface area contributed by atoms with Gasteiger partial charge in [-0.05, 0) is 68.1 Å². The maximum Gasteiger partial charge on any atom is 0.254 e. The van der Waals surface area contributed by atoms with Gasteiger partial charge in [0.15, 0.2) is 0 Å². The number of piperidine rings is 1. The summed E-state index contributed by atoms with van der Waals surface area (Å²) in [4.78, 5) is 14.9. The molecule has 2 atom stereocenters.